The van der Waals surface area contributed by atoms with Crippen molar-refractivity contribution in [3.8, 4) is 5.69 Å². The lowest BCUT2D eigenvalue weighted by Gasteiger charge is -2.70. The molecule has 3 aliphatic heterocycles. The fourth-order valence-electron chi connectivity index (χ4n) is 11.2. The molecule has 4 fully saturated rings. The van der Waals surface area contributed by atoms with Crippen LogP contribution in [0.5, 0.6) is 0 Å². The van der Waals surface area contributed by atoms with Crippen molar-refractivity contribution in [3.63, 3.8) is 0 Å². The Kier molecular flexibility index (Phi) is 4.98. The molecule has 2 aromatic rings. The number of hydrogen-bond donors (Lipinski definition) is 1. The van der Waals surface area contributed by atoms with Gasteiger partial charge in [-0.2, -0.15) is 0 Å². The van der Waals surface area contributed by atoms with Crippen LogP contribution in [0.4, 0.5) is 0 Å². The molecule has 4 heterocycles. The molecule has 11 atom stereocenters. The maximum atomic E-state index is 14.6. The van der Waals surface area contributed by atoms with E-state index in [1.165, 1.54) is 11.7 Å². The smallest absolute Gasteiger partial charge is 0.352 e. The lowest BCUT2D eigenvalue weighted by molar-refractivity contribution is -0.195. The predicted octanol–water partition coefficient (Wildman–Crippen LogP) is 2.95. The molecule has 0 radical (unpaired) electrons. The third-order valence-electron chi connectivity index (χ3n) is 12.9. The Balaban J connectivity index is 1.38. The van der Waals surface area contributed by atoms with Gasteiger partial charge >= 0.3 is 17.3 Å². The minimum atomic E-state index is -0.864. The van der Waals surface area contributed by atoms with Gasteiger partial charge in [-0.25, -0.2) is 23.5 Å². The third kappa shape index (κ3) is 2.74. The summed E-state index contributed by atoms with van der Waals surface area (Å²) >= 11 is 0. The summed E-state index contributed by atoms with van der Waals surface area (Å²) in [6, 6.07) is 9.16. The van der Waals surface area contributed by atoms with E-state index in [-0.39, 0.29) is 52.7 Å². The van der Waals surface area contributed by atoms with Crippen molar-refractivity contribution in [1.82, 2.24) is 13.9 Å². The summed E-state index contributed by atoms with van der Waals surface area (Å²) in [5.41, 5.74) is -2.29. The maximum absolute atomic E-state index is 14.6. The molecule has 41 heavy (non-hydrogen) atoms. The highest BCUT2D eigenvalue weighted by atomic mass is 16.6. The average molecular weight is 562 g/mol. The lowest BCUT2D eigenvalue weighted by atomic mass is 9.40. The van der Waals surface area contributed by atoms with E-state index in [4.69, 9.17) is 9.47 Å². The number of aliphatic hydroxyl groups excluding tert-OH is 1. The van der Waals surface area contributed by atoms with E-state index < -0.39 is 22.6 Å². The molecule has 1 saturated heterocycles. The van der Waals surface area contributed by atoms with Crippen molar-refractivity contribution in [3.05, 3.63) is 63.5 Å². The highest BCUT2D eigenvalue weighted by Gasteiger charge is 2.81. The highest BCUT2D eigenvalue weighted by Crippen LogP contribution is 2.76. The zero-order chi connectivity index (χ0) is 28.7. The molecule has 3 saturated carbocycles. The first-order valence-electron chi connectivity index (χ1n) is 15.2. The fourth-order valence-corrected chi connectivity index (χ4v) is 11.2. The number of allylic oxidation sites excluding steroid dienone is 2. The first kappa shape index (κ1) is 25.8. The molecule has 218 valence electrons. The quantitative estimate of drug-likeness (QED) is 0.350. The summed E-state index contributed by atoms with van der Waals surface area (Å²) in [5.74, 6) is 0.418. The minimum absolute atomic E-state index is 0.0685. The van der Waals surface area contributed by atoms with Crippen LogP contribution in [0.1, 0.15) is 59.3 Å². The molecule has 9 rings (SSSR count). The van der Waals surface area contributed by atoms with Crippen molar-refractivity contribution in [2.24, 2.45) is 34.5 Å². The number of para-hydroxylation sites is 1. The van der Waals surface area contributed by atoms with E-state index >= 15 is 0 Å². The van der Waals surface area contributed by atoms with Crippen molar-refractivity contribution in [2.75, 3.05) is 7.11 Å². The summed E-state index contributed by atoms with van der Waals surface area (Å²) < 4.78 is 16.1. The molecule has 1 aromatic heterocycles. The average Bonchev–Trinajstić information content (AvgIpc) is 3.63. The Bertz CT molecular complexity index is 1610. The molecule has 7 aliphatic rings. The Labute approximate surface area is 238 Å². The van der Waals surface area contributed by atoms with Gasteiger partial charge in [0.25, 0.3) is 0 Å². The number of esters is 1. The van der Waals surface area contributed by atoms with Gasteiger partial charge in [-0.15, -0.1) is 0 Å². The number of rotatable bonds is 4. The first-order valence-corrected chi connectivity index (χ1v) is 15.2. The number of methoxy groups -OCH3 is 1. The molecule has 9 nitrogen and oxygen atoms in total. The largest absolute Gasteiger partial charge is 0.469 e. The standard InChI is InChI=1S/C32H39N3O6/c1-18(16-24(37)40-4)20-10-11-22-29(20,2)13-12-23-30(3)26-25(41-26)21(36)17-31(30)14-15-32(22,23)35-28(39)33(27(38)34(31)35)19-8-6-5-7-9-19/h5-9,14-15,18,20-23,25-26,36H,10-13,16-17H2,1-4H3/t18-,20-,21-,22-,23?,25+,26+,29-,30+,31-,32+/m1/s1. The van der Waals surface area contributed by atoms with E-state index in [9.17, 15) is 19.5 Å². The number of nitrogens with zero attached hydrogens (tertiary/aromatic N) is 3. The van der Waals surface area contributed by atoms with E-state index in [2.05, 4.69) is 32.9 Å². The Morgan fingerprint density at radius 1 is 1.07 bits per heavy atom. The summed E-state index contributed by atoms with van der Waals surface area (Å²) in [6.07, 6.45) is 7.76. The van der Waals surface area contributed by atoms with Gasteiger partial charge in [0.05, 0.1) is 36.1 Å². The molecule has 9 heteroatoms. The fraction of sp³-hybridized carbons (Fsp3) is 0.656. The number of epoxide rings is 1. The molecular formula is C32H39N3O6. The van der Waals surface area contributed by atoms with Gasteiger partial charge in [0.15, 0.2) is 0 Å². The molecule has 1 aromatic carbocycles. The van der Waals surface area contributed by atoms with Crippen molar-refractivity contribution in [1.29, 1.82) is 0 Å². The number of carbonyl (C=O) groups excluding carboxylic acids is 1. The molecule has 4 aliphatic carbocycles. The van der Waals surface area contributed by atoms with Gasteiger partial charge in [0.2, 0.25) is 0 Å². The van der Waals surface area contributed by atoms with Gasteiger partial charge < -0.3 is 14.6 Å². The molecule has 2 spiro atoms. The Morgan fingerprint density at radius 3 is 2.54 bits per heavy atom. The second-order valence-electron chi connectivity index (χ2n) is 14.2. The summed E-state index contributed by atoms with van der Waals surface area (Å²) in [4.78, 5) is 41.4. The summed E-state index contributed by atoms with van der Waals surface area (Å²) in [7, 11) is 1.44. The monoisotopic (exact) mass is 561 g/mol. The number of carbonyl (C=O) groups is 1. The zero-order valence-corrected chi connectivity index (χ0v) is 24.2. The van der Waals surface area contributed by atoms with E-state index in [0.29, 0.717) is 24.4 Å². The van der Waals surface area contributed by atoms with Gasteiger partial charge in [0, 0.05) is 18.3 Å². The van der Waals surface area contributed by atoms with Crippen LogP contribution in [-0.2, 0) is 25.3 Å². The SMILES string of the molecule is COC(=O)C[C@@H](C)[C@H]1CC[C@@H]2[C@]1(C)CCC1[C@@]3(C)[C@H]4O[C@H]4[C@H](O)C[C@]34C=C[C@@]12n1c(=O)n(-c2ccccc2)c(=O)n14. The number of aromatic nitrogens is 3. The van der Waals surface area contributed by atoms with Crippen LogP contribution in [0.3, 0.4) is 0 Å². The molecule has 1 unspecified atom stereocenters. The van der Waals surface area contributed by atoms with Gasteiger partial charge in [-0.05, 0) is 66.9 Å². The first-order chi connectivity index (χ1) is 19.6. The van der Waals surface area contributed by atoms with Gasteiger partial charge in [-0.3, -0.25) is 4.79 Å². The topological polar surface area (TPSA) is 108 Å². The molecule has 0 amide bonds. The second-order valence-corrected chi connectivity index (χ2v) is 14.2. The summed E-state index contributed by atoms with van der Waals surface area (Å²) in [6.45, 7) is 6.76. The van der Waals surface area contributed by atoms with Crippen LogP contribution >= 0.6 is 0 Å². The number of hydrogen-bond acceptors (Lipinski definition) is 6. The molecular weight excluding hydrogens is 522 g/mol. The third-order valence-corrected chi connectivity index (χ3v) is 12.9. The minimum Gasteiger partial charge on any atom is -0.469 e. The molecule has 1 N–H and O–H groups in total. The highest BCUT2D eigenvalue weighted by molar-refractivity contribution is 5.69. The van der Waals surface area contributed by atoms with Crippen LogP contribution in [0.25, 0.3) is 5.69 Å². The number of fused-ring (bicyclic) bond motifs is 2. The van der Waals surface area contributed by atoms with E-state index in [1.807, 2.05) is 22.9 Å². The van der Waals surface area contributed by atoms with Gasteiger partial charge in [-0.1, -0.05) is 51.1 Å². The van der Waals surface area contributed by atoms with E-state index in [0.717, 1.165) is 25.7 Å². The number of aliphatic hydroxyl groups is 1. The Morgan fingerprint density at radius 2 is 1.80 bits per heavy atom. The van der Waals surface area contributed by atoms with Crippen LogP contribution in [0.2, 0.25) is 0 Å². The normalized spacial score (nSPS) is 45.2. The predicted molar refractivity (Wildman–Crippen MR) is 150 cm³/mol. The van der Waals surface area contributed by atoms with Crippen molar-refractivity contribution < 1.29 is 19.4 Å². The maximum Gasteiger partial charge on any atom is 0.352 e. The summed E-state index contributed by atoms with van der Waals surface area (Å²) in [5, 5.41) is 11.2. The van der Waals surface area contributed by atoms with Crippen molar-refractivity contribution >= 4 is 5.97 Å². The van der Waals surface area contributed by atoms with Gasteiger partial charge in [0.1, 0.15) is 6.10 Å². The zero-order valence-electron chi connectivity index (χ0n) is 24.2. The van der Waals surface area contributed by atoms with Crippen molar-refractivity contribution in [2.45, 2.75) is 88.7 Å². The number of benzene rings is 1. The Hall–Kier alpha value is -2.91. The van der Waals surface area contributed by atoms with Crippen LogP contribution in [0, 0.1) is 34.5 Å². The number of ether oxygens (including phenoxy) is 2. The second kappa shape index (κ2) is 7.92. The molecule has 2 bridgehead atoms. The van der Waals surface area contributed by atoms with E-state index in [1.54, 1.807) is 16.8 Å². The van der Waals surface area contributed by atoms with Crippen LogP contribution < -0.4 is 11.4 Å². The van der Waals surface area contributed by atoms with Crippen LogP contribution in [0.15, 0.2) is 52.1 Å². The van der Waals surface area contributed by atoms with Crippen LogP contribution in [-0.4, -0.2) is 50.4 Å². The lowest BCUT2D eigenvalue weighted by Crippen LogP contribution is -2.78.